The van der Waals surface area contributed by atoms with Crippen LogP contribution in [0.25, 0.3) is 0 Å². The quantitative estimate of drug-likeness (QED) is 0.378. The van der Waals surface area contributed by atoms with E-state index in [9.17, 15) is 4.79 Å². The monoisotopic (exact) mass is 253 g/mol. The molecule has 98 valence electrons. The van der Waals surface area contributed by atoms with Crippen LogP contribution in [0.2, 0.25) is 0 Å². The first kappa shape index (κ1) is 13.9. The van der Waals surface area contributed by atoms with Gasteiger partial charge in [0.2, 0.25) is 0 Å². The van der Waals surface area contributed by atoms with Crippen molar-refractivity contribution in [3.63, 3.8) is 0 Å². The molecule has 0 spiro atoms. The van der Waals surface area contributed by atoms with Gasteiger partial charge in [0.05, 0.1) is 6.21 Å². The number of nitrogens with two attached hydrogens (primary N) is 1. The number of benzene rings is 1. The molecule has 18 heavy (non-hydrogen) atoms. The van der Waals surface area contributed by atoms with Crippen molar-refractivity contribution in [2.75, 3.05) is 13.7 Å². The third-order valence-electron chi connectivity index (χ3n) is 1.93. The molecule has 1 rings (SSSR count). The predicted octanol–water partition coefficient (Wildman–Crippen LogP) is 0.0324. The molecule has 7 heteroatoms. The van der Waals surface area contributed by atoms with E-state index in [2.05, 4.69) is 15.3 Å². The van der Waals surface area contributed by atoms with E-state index in [1.807, 2.05) is 0 Å². The van der Waals surface area contributed by atoms with Gasteiger partial charge in [0.1, 0.15) is 12.4 Å². The zero-order valence-corrected chi connectivity index (χ0v) is 9.87. The number of hydrogen-bond acceptors (Lipinski definition) is 5. The zero-order valence-electron chi connectivity index (χ0n) is 9.87. The molecule has 0 bridgehead atoms. The molecule has 0 fully saturated rings. The number of nitrogens with zero attached hydrogens (tertiary/aromatic N) is 1. The fourth-order valence-corrected chi connectivity index (χ4v) is 1.06. The molecule has 1 aromatic rings. The van der Waals surface area contributed by atoms with E-state index >= 15 is 0 Å². The Morgan fingerprint density at radius 2 is 2.22 bits per heavy atom. The lowest BCUT2D eigenvalue weighted by Crippen LogP contribution is -2.24. The number of primary amides is 1. The first-order chi connectivity index (χ1) is 8.61. The number of aliphatic hydroxyl groups excluding tert-OH is 1. The number of carbonyl (C=O) groups excluding carboxylic acids is 1. The molecule has 0 saturated carbocycles. The Morgan fingerprint density at radius 1 is 1.56 bits per heavy atom. The molecule has 7 nitrogen and oxygen atoms in total. The fraction of sp³-hybridized carbons (Fsp3) is 0.273. The largest absolute Gasteiger partial charge is 0.488 e. The van der Waals surface area contributed by atoms with Crippen LogP contribution in [0.15, 0.2) is 29.4 Å². The smallest absolute Gasteiger partial charge is 0.332 e. The highest BCUT2D eigenvalue weighted by atomic mass is 16.6. The molecule has 0 aliphatic heterocycles. The molecule has 0 aromatic heterocycles. The first-order valence-electron chi connectivity index (χ1n) is 5.14. The van der Waals surface area contributed by atoms with Crippen LogP contribution in [0.1, 0.15) is 5.56 Å². The summed E-state index contributed by atoms with van der Waals surface area (Å²) >= 11 is 0. The normalized spacial score (nSPS) is 12.3. The lowest BCUT2D eigenvalue weighted by Gasteiger charge is -2.10. The maximum Gasteiger partial charge on any atom is 0.332 e. The van der Waals surface area contributed by atoms with Gasteiger partial charge in [0.25, 0.3) is 0 Å². The van der Waals surface area contributed by atoms with Crippen LogP contribution in [0.5, 0.6) is 5.75 Å². The number of hydrazone groups is 1. The van der Waals surface area contributed by atoms with Crippen molar-refractivity contribution in [2.45, 2.75) is 6.29 Å². The van der Waals surface area contributed by atoms with Crippen molar-refractivity contribution >= 4 is 12.2 Å². The van der Waals surface area contributed by atoms with E-state index in [0.29, 0.717) is 5.75 Å². The molecule has 1 atom stereocenters. The maximum absolute atomic E-state index is 10.4. The van der Waals surface area contributed by atoms with Gasteiger partial charge >= 0.3 is 6.03 Å². The summed E-state index contributed by atoms with van der Waals surface area (Å²) in [6, 6.07) is 6.16. The molecule has 0 heterocycles. The molecule has 1 aromatic carbocycles. The van der Waals surface area contributed by atoms with E-state index in [-0.39, 0.29) is 6.61 Å². The Morgan fingerprint density at radius 3 is 2.78 bits per heavy atom. The summed E-state index contributed by atoms with van der Waals surface area (Å²) in [6.07, 6.45) is 0.490. The Bertz CT molecular complexity index is 405. The van der Waals surface area contributed by atoms with Crippen molar-refractivity contribution in [3.8, 4) is 5.75 Å². The predicted molar refractivity (Wildman–Crippen MR) is 65.3 cm³/mol. The summed E-state index contributed by atoms with van der Waals surface area (Å²) in [5, 5.41) is 12.7. The Labute approximate surface area is 104 Å². The minimum Gasteiger partial charge on any atom is -0.488 e. The van der Waals surface area contributed by atoms with E-state index < -0.39 is 12.3 Å². The van der Waals surface area contributed by atoms with Gasteiger partial charge in [-0.05, 0) is 29.8 Å². The summed E-state index contributed by atoms with van der Waals surface area (Å²) < 4.78 is 9.88. The SMILES string of the molecule is COC(O)COc1ccc(/C=N\NC(N)=O)cc1. The van der Waals surface area contributed by atoms with Gasteiger partial charge in [0.15, 0.2) is 6.29 Å². The van der Waals surface area contributed by atoms with Gasteiger partial charge in [-0.3, -0.25) is 0 Å². The molecule has 0 aliphatic rings. The number of ether oxygens (including phenoxy) is 2. The molecule has 0 radical (unpaired) electrons. The first-order valence-corrected chi connectivity index (χ1v) is 5.14. The van der Waals surface area contributed by atoms with Crippen LogP contribution in [0.3, 0.4) is 0 Å². The van der Waals surface area contributed by atoms with Crippen molar-refractivity contribution in [1.82, 2.24) is 5.43 Å². The molecular formula is C11H15N3O4. The average Bonchev–Trinajstić information content (AvgIpc) is 2.37. The average molecular weight is 253 g/mol. The Balaban J connectivity index is 2.47. The van der Waals surface area contributed by atoms with Crippen LogP contribution in [0.4, 0.5) is 4.79 Å². The van der Waals surface area contributed by atoms with E-state index in [1.54, 1.807) is 24.3 Å². The number of carbonyl (C=O) groups is 1. The second-order valence-corrected chi connectivity index (χ2v) is 3.30. The third kappa shape index (κ3) is 5.28. The van der Waals surface area contributed by atoms with Crippen molar-refractivity contribution in [1.29, 1.82) is 0 Å². The van der Waals surface area contributed by atoms with Crippen molar-refractivity contribution in [2.24, 2.45) is 10.8 Å². The van der Waals surface area contributed by atoms with Gasteiger partial charge in [-0.1, -0.05) is 0 Å². The highest BCUT2D eigenvalue weighted by Crippen LogP contribution is 2.11. The molecule has 1 unspecified atom stereocenters. The van der Waals surface area contributed by atoms with Crippen LogP contribution in [-0.2, 0) is 4.74 Å². The Hall–Kier alpha value is -2.12. The molecule has 2 amide bonds. The summed E-state index contributed by atoms with van der Waals surface area (Å²) in [5.41, 5.74) is 7.69. The van der Waals surface area contributed by atoms with Crippen molar-refractivity contribution in [3.05, 3.63) is 29.8 Å². The number of methoxy groups -OCH3 is 1. The van der Waals surface area contributed by atoms with Crippen LogP contribution in [-0.4, -0.2) is 37.4 Å². The van der Waals surface area contributed by atoms with Crippen LogP contribution in [0, 0.1) is 0 Å². The van der Waals surface area contributed by atoms with Crippen LogP contribution < -0.4 is 15.9 Å². The number of rotatable bonds is 6. The summed E-state index contributed by atoms with van der Waals surface area (Å²) in [5.74, 6) is 0.589. The standard InChI is InChI=1S/C11H15N3O4/c1-17-10(15)7-18-9-4-2-8(3-5-9)6-13-14-11(12)16/h2-6,10,15H,7H2,1H3,(H3,12,14,16)/b13-6-. The minimum atomic E-state index is -0.953. The van der Waals surface area contributed by atoms with Crippen LogP contribution >= 0.6 is 0 Å². The van der Waals surface area contributed by atoms with E-state index in [1.165, 1.54) is 13.3 Å². The van der Waals surface area contributed by atoms with Gasteiger partial charge in [-0.15, -0.1) is 0 Å². The summed E-state index contributed by atoms with van der Waals surface area (Å²) in [7, 11) is 1.39. The zero-order chi connectivity index (χ0) is 13.4. The fourth-order valence-electron chi connectivity index (χ4n) is 1.06. The second-order valence-electron chi connectivity index (χ2n) is 3.30. The van der Waals surface area contributed by atoms with Gasteiger partial charge in [-0.2, -0.15) is 5.10 Å². The van der Waals surface area contributed by atoms with Gasteiger partial charge in [0, 0.05) is 7.11 Å². The molecule has 0 saturated heterocycles. The third-order valence-corrected chi connectivity index (χ3v) is 1.93. The van der Waals surface area contributed by atoms with E-state index in [4.69, 9.17) is 15.6 Å². The Kier molecular flexibility index (Phi) is 5.62. The summed E-state index contributed by atoms with van der Waals surface area (Å²) in [6.45, 7) is 0.0488. The number of amides is 2. The molecule has 4 N–H and O–H groups in total. The molecular weight excluding hydrogens is 238 g/mol. The van der Waals surface area contributed by atoms with Gasteiger partial charge in [-0.25, -0.2) is 10.2 Å². The maximum atomic E-state index is 10.4. The number of hydrogen-bond donors (Lipinski definition) is 3. The molecule has 0 aliphatic carbocycles. The number of urea groups is 1. The summed E-state index contributed by atoms with van der Waals surface area (Å²) in [4.78, 5) is 10.4. The highest BCUT2D eigenvalue weighted by molar-refractivity contribution is 5.81. The highest BCUT2D eigenvalue weighted by Gasteiger charge is 2.01. The topological polar surface area (TPSA) is 106 Å². The van der Waals surface area contributed by atoms with Gasteiger partial charge < -0.3 is 20.3 Å². The minimum absolute atomic E-state index is 0.0488. The number of aliphatic hydroxyl groups is 1. The second kappa shape index (κ2) is 7.25. The van der Waals surface area contributed by atoms with Crippen molar-refractivity contribution < 1.29 is 19.4 Å². The number of nitrogens with one attached hydrogen (secondary N) is 1. The lowest BCUT2D eigenvalue weighted by atomic mass is 10.2. The lowest BCUT2D eigenvalue weighted by molar-refractivity contribution is -0.0967. The van der Waals surface area contributed by atoms with E-state index in [0.717, 1.165) is 5.56 Å².